The molecule has 0 aliphatic carbocycles. The Balaban J connectivity index is 3.24. The van der Waals surface area contributed by atoms with Crippen molar-refractivity contribution in [1.82, 2.24) is 0 Å². The summed E-state index contributed by atoms with van der Waals surface area (Å²) >= 11 is 0. The normalized spacial score (nSPS) is 8.00. The van der Waals surface area contributed by atoms with Gasteiger partial charge < -0.3 is 0 Å². The predicted molar refractivity (Wildman–Crippen MR) is 32.6 cm³/mol. The van der Waals surface area contributed by atoms with Crippen LogP contribution < -0.4 is 0 Å². The fourth-order valence-electron chi connectivity index (χ4n) is 0.276. The molecule has 0 saturated carbocycles. The molecule has 0 aromatic rings. The molecule has 0 aromatic carbocycles. The second-order valence-electron chi connectivity index (χ2n) is 1.73. The Morgan fingerprint density at radius 3 is 2.29 bits per heavy atom. The lowest BCUT2D eigenvalue weighted by molar-refractivity contribution is 0.865. The van der Waals surface area contributed by atoms with Gasteiger partial charge in [-0.1, -0.05) is 13.8 Å². The SMILES string of the molecule is [CH2]CC#CC(C)C. The van der Waals surface area contributed by atoms with Crippen LogP contribution in [0.15, 0.2) is 0 Å². The first-order chi connectivity index (χ1) is 3.27. The zero-order valence-electron chi connectivity index (χ0n) is 4.99. The van der Waals surface area contributed by atoms with Crippen molar-refractivity contribution in [3.8, 4) is 11.8 Å². The van der Waals surface area contributed by atoms with E-state index in [4.69, 9.17) is 0 Å². The van der Waals surface area contributed by atoms with Crippen LogP contribution in [0.4, 0.5) is 0 Å². The molecule has 0 fully saturated rings. The topological polar surface area (TPSA) is 0 Å². The summed E-state index contributed by atoms with van der Waals surface area (Å²) in [7, 11) is 0. The van der Waals surface area contributed by atoms with Crippen molar-refractivity contribution in [2.75, 3.05) is 0 Å². The summed E-state index contributed by atoms with van der Waals surface area (Å²) in [5.74, 6) is 6.37. The monoisotopic (exact) mass is 95.1 g/mol. The van der Waals surface area contributed by atoms with Crippen LogP contribution in [-0.4, -0.2) is 0 Å². The van der Waals surface area contributed by atoms with Crippen molar-refractivity contribution in [2.24, 2.45) is 5.92 Å². The van der Waals surface area contributed by atoms with Gasteiger partial charge in [-0.2, -0.15) is 0 Å². The molecule has 0 spiro atoms. The third-order valence-electron chi connectivity index (χ3n) is 0.516. The summed E-state index contributed by atoms with van der Waals surface area (Å²) in [6.07, 6.45) is 0.734. The average Bonchev–Trinajstić information content (AvgIpc) is 1.61. The Labute approximate surface area is 45.9 Å². The van der Waals surface area contributed by atoms with Crippen LogP contribution in [0.25, 0.3) is 0 Å². The zero-order valence-corrected chi connectivity index (χ0v) is 4.99. The van der Waals surface area contributed by atoms with Gasteiger partial charge in [0.1, 0.15) is 0 Å². The standard InChI is InChI=1S/C7H11/c1-4-5-6-7(2)3/h7H,1,4H2,2-3H3. The van der Waals surface area contributed by atoms with Gasteiger partial charge in [0.25, 0.3) is 0 Å². The minimum atomic E-state index is 0.502. The largest absolute Gasteiger partial charge is 0.103 e. The van der Waals surface area contributed by atoms with E-state index in [1.807, 2.05) is 0 Å². The molecule has 0 unspecified atom stereocenters. The molecule has 0 bridgehead atoms. The van der Waals surface area contributed by atoms with Gasteiger partial charge >= 0.3 is 0 Å². The second-order valence-corrected chi connectivity index (χ2v) is 1.73. The fourth-order valence-corrected chi connectivity index (χ4v) is 0.276. The Morgan fingerprint density at radius 1 is 1.57 bits per heavy atom. The van der Waals surface area contributed by atoms with Crippen LogP contribution in [0.3, 0.4) is 0 Å². The smallest absolute Gasteiger partial charge is 0.0146 e. The number of rotatable bonds is 0. The third kappa shape index (κ3) is 5.56. The minimum absolute atomic E-state index is 0.502. The van der Waals surface area contributed by atoms with Crippen LogP contribution in [0.2, 0.25) is 0 Å². The highest BCUT2D eigenvalue weighted by Crippen LogP contribution is 1.85. The summed E-state index contributed by atoms with van der Waals surface area (Å²) in [6.45, 7) is 7.73. The van der Waals surface area contributed by atoms with Crippen LogP contribution in [0.5, 0.6) is 0 Å². The van der Waals surface area contributed by atoms with E-state index >= 15 is 0 Å². The molecule has 0 heteroatoms. The molecule has 0 aromatic heterocycles. The van der Waals surface area contributed by atoms with E-state index in [1.54, 1.807) is 0 Å². The molecule has 0 N–H and O–H groups in total. The molecule has 1 radical (unpaired) electrons. The molecule has 0 aliphatic rings. The summed E-state index contributed by atoms with van der Waals surface area (Å²) in [6, 6.07) is 0. The van der Waals surface area contributed by atoms with Gasteiger partial charge in [-0.05, 0) is 6.92 Å². The maximum atomic E-state index is 3.58. The highest BCUT2D eigenvalue weighted by molar-refractivity contribution is 5.01. The molecule has 0 atom stereocenters. The molecule has 0 heterocycles. The van der Waals surface area contributed by atoms with Crippen LogP contribution in [0, 0.1) is 24.7 Å². The van der Waals surface area contributed by atoms with Crippen LogP contribution in [-0.2, 0) is 0 Å². The molecular formula is C7H11. The van der Waals surface area contributed by atoms with E-state index in [9.17, 15) is 0 Å². The molecular weight excluding hydrogens is 84.1 g/mol. The van der Waals surface area contributed by atoms with E-state index in [2.05, 4.69) is 32.6 Å². The van der Waals surface area contributed by atoms with E-state index in [0.29, 0.717) is 5.92 Å². The zero-order chi connectivity index (χ0) is 5.70. The summed E-state index contributed by atoms with van der Waals surface area (Å²) in [5, 5.41) is 0. The lowest BCUT2D eigenvalue weighted by Crippen LogP contribution is -1.75. The first kappa shape index (κ1) is 6.56. The molecule has 0 amide bonds. The molecule has 0 aliphatic heterocycles. The van der Waals surface area contributed by atoms with Crippen molar-refractivity contribution in [1.29, 1.82) is 0 Å². The Morgan fingerprint density at radius 2 is 2.14 bits per heavy atom. The van der Waals surface area contributed by atoms with Gasteiger partial charge in [-0.3, -0.25) is 0 Å². The molecule has 39 valence electrons. The van der Waals surface area contributed by atoms with Crippen molar-refractivity contribution < 1.29 is 0 Å². The quantitative estimate of drug-likeness (QED) is 0.403. The highest BCUT2D eigenvalue weighted by Gasteiger charge is 1.77. The first-order valence-electron chi connectivity index (χ1n) is 2.55. The average molecular weight is 95.2 g/mol. The van der Waals surface area contributed by atoms with Gasteiger partial charge in [0.05, 0.1) is 0 Å². The first-order valence-corrected chi connectivity index (χ1v) is 2.55. The predicted octanol–water partition coefficient (Wildman–Crippen LogP) is 1.87. The lowest BCUT2D eigenvalue weighted by Gasteiger charge is -1.83. The lowest BCUT2D eigenvalue weighted by atomic mass is 10.2. The van der Waals surface area contributed by atoms with E-state index < -0.39 is 0 Å². The van der Waals surface area contributed by atoms with Crippen LogP contribution >= 0.6 is 0 Å². The van der Waals surface area contributed by atoms with Crippen molar-refractivity contribution in [3.63, 3.8) is 0 Å². The fraction of sp³-hybridized carbons (Fsp3) is 0.571. The Kier molecular flexibility index (Phi) is 3.50. The molecule has 0 saturated heterocycles. The van der Waals surface area contributed by atoms with E-state index in [1.165, 1.54) is 0 Å². The second kappa shape index (κ2) is 3.74. The third-order valence-corrected chi connectivity index (χ3v) is 0.516. The number of hydrogen-bond acceptors (Lipinski definition) is 0. The Hall–Kier alpha value is -0.440. The van der Waals surface area contributed by atoms with Gasteiger partial charge in [-0.15, -0.1) is 11.8 Å². The maximum absolute atomic E-state index is 3.58. The summed E-state index contributed by atoms with van der Waals surface area (Å²) in [4.78, 5) is 0. The van der Waals surface area contributed by atoms with Crippen molar-refractivity contribution in [2.45, 2.75) is 20.3 Å². The van der Waals surface area contributed by atoms with Gasteiger partial charge in [-0.25, -0.2) is 0 Å². The molecule has 0 nitrogen and oxygen atoms in total. The number of hydrogen-bond donors (Lipinski definition) is 0. The van der Waals surface area contributed by atoms with Gasteiger partial charge in [0, 0.05) is 12.3 Å². The van der Waals surface area contributed by atoms with E-state index in [0.717, 1.165) is 6.42 Å². The van der Waals surface area contributed by atoms with E-state index in [-0.39, 0.29) is 0 Å². The summed E-state index contributed by atoms with van der Waals surface area (Å²) in [5.41, 5.74) is 0. The van der Waals surface area contributed by atoms with Gasteiger partial charge in [0.2, 0.25) is 0 Å². The molecule has 7 heavy (non-hydrogen) atoms. The Bertz CT molecular complexity index is 79.9. The molecule has 0 rings (SSSR count). The van der Waals surface area contributed by atoms with Crippen LogP contribution in [0.1, 0.15) is 20.3 Å². The van der Waals surface area contributed by atoms with Crippen molar-refractivity contribution in [3.05, 3.63) is 6.92 Å². The minimum Gasteiger partial charge on any atom is -0.103 e. The summed E-state index contributed by atoms with van der Waals surface area (Å²) < 4.78 is 0. The van der Waals surface area contributed by atoms with Crippen molar-refractivity contribution >= 4 is 0 Å². The highest BCUT2D eigenvalue weighted by atomic mass is 13.8. The maximum Gasteiger partial charge on any atom is 0.0146 e. The van der Waals surface area contributed by atoms with Gasteiger partial charge in [0.15, 0.2) is 0 Å².